The third-order valence-corrected chi connectivity index (χ3v) is 0.613. The maximum absolute atomic E-state index is 3.78. The van der Waals surface area contributed by atoms with Gasteiger partial charge in [0.15, 0.2) is 0 Å². The van der Waals surface area contributed by atoms with Gasteiger partial charge in [-0.05, 0) is 12.8 Å². The van der Waals surface area contributed by atoms with Crippen molar-refractivity contribution in [3.05, 3.63) is 12.7 Å². The van der Waals surface area contributed by atoms with Crippen LogP contribution in [-0.2, 0) is 0 Å². The first-order valence-corrected chi connectivity index (χ1v) is 1.83. The van der Waals surface area contributed by atoms with Crippen molar-refractivity contribution in [1.82, 2.24) is 14.2 Å². The second-order valence-corrected chi connectivity index (χ2v) is 1.23. The summed E-state index contributed by atoms with van der Waals surface area (Å²) in [5.41, 5.74) is 0. The van der Waals surface area contributed by atoms with E-state index < -0.39 is 0 Å². The molecule has 0 spiro atoms. The normalized spacial score (nSPS) is 8.83. The Balaban J connectivity index is 3.05. The summed E-state index contributed by atoms with van der Waals surface area (Å²) in [7, 11) is 0. The second-order valence-electron chi connectivity index (χ2n) is 0.816. The van der Waals surface area contributed by atoms with E-state index in [4.69, 9.17) is 0 Å². The Morgan fingerprint density at radius 1 is 1.67 bits per heavy atom. The van der Waals surface area contributed by atoms with Gasteiger partial charge in [0.25, 0.3) is 0 Å². The number of aromatic nitrogens is 3. The Hall–Kier alpha value is -0.510. The maximum Gasteiger partial charge on any atom is 0.138 e. The van der Waals surface area contributed by atoms with Crippen molar-refractivity contribution in [3.8, 4) is 0 Å². The number of thiol groups is 1. The number of hydrogen-bond donors (Lipinski definition) is 1. The molecule has 1 aromatic heterocycles. The summed E-state index contributed by atoms with van der Waals surface area (Å²) < 4.78 is 1.33. The molecule has 0 radical (unpaired) electrons. The van der Waals surface area contributed by atoms with E-state index >= 15 is 0 Å². The first kappa shape index (κ1) is 3.67. The van der Waals surface area contributed by atoms with Crippen molar-refractivity contribution in [2.24, 2.45) is 0 Å². The second kappa shape index (κ2) is 1.30. The lowest BCUT2D eigenvalue weighted by Crippen LogP contribution is -1.73. The van der Waals surface area contributed by atoms with Crippen LogP contribution in [0.1, 0.15) is 0 Å². The fourth-order valence-corrected chi connectivity index (χ4v) is 0.308. The minimum atomic E-state index is 1.33. The highest BCUT2D eigenvalue weighted by Gasteiger charge is 1.71. The van der Waals surface area contributed by atoms with E-state index in [1.165, 1.54) is 16.7 Å². The van der Waals surface area contributed by atoms with Crippen molar-refractivity contribution >= 4 is 12.8 Å². The number of nitrogens with zero attached hydrogens (tertiary/aromatic N) is 3. The highest BCUT2D eigenvalue weighted by Crippen LogP contribution is 1.75. The van der Waals surface area contributed by atoms with Crippen LogP contribution in [0.2, 0.25) is 0 Å². The van der Waals surface area contributed by atoms with Crippen LogP contribution in [0.5, 0.6) is 0 Å². The fourth-order valence-electron chi connectivity index (χ4n) is 0.202. The molecule has 1 aromatic rings. The van der Waals surface area contributed by atoms with Gasteiger partial charge in [0.2, 0.25) is 0 Å². The molecule has 32 valence electrons. The van der Waals surface area contributed by atoms with Gasteiger partial charge in [-0.25, -0.2) is 4.98 Å². The van der Waals surface area contributed by atoms with E-state index in [1.54, 1.807) is 0 Å². The molecule has 0 saturated carbocycles. The molecule has 0 aliphatic rings. The maximum atomic E-state index is 3.78. The molecule has 1 heterocycles. The molecule has 0 aliphatic heterocycles. The lowest BCUT2D eigenvalue weighted by Gasteiger charge is -1.72. The van der Waals surface area contributed by atoms with Gasteiger partial charge in [-0.1, -0.05) is 0 Å². The number of rotatable bonds is 0. The third kappa shape index (κ3) is 0.514. The minimum Gasteiger partial charge on any atom is -0.222 e. The summed E-state index contributed by atoms with van der Waals surface area (Å²) in [5, 5.41) is 3.59. The monoisotopic (exact) mass is 101 g/mol. The molecular weight excluding hydrogens is 98.1 g/mol. The molecule has 0 aromatic carbocycles. The summed E-state index contributed by atoms with van der Waals surface area (Å²) in [4.78, 5) is 3.60. The van der Waals surface area contributed by atoms with Crippen molar-refractivity contribution in [2.75, 3.05) is 0 Å². The first-order valence-electron chi connectivity index (χ1n) is 1.43. The predicted molar refractivity (Wildman–Crippen MR) is 24.4 cm³/mol. The summed E-state index contributed by atoms with van der Waals surface area (Å²) >= 11 is 3.78. The zero-order valence-corrected chi connectivity index (χ0v) is 3.84. The van der Waals surface area contributed by atoms with Gasteiger partial charge in [-0.15, -0.1) is 5.10 Å². The van der Waals surface area contributed by atoms with Gasteiger partial charge >= 0.3 is 0 Å². The van der Waals surface area contributed by atoms with Crippen molar-refractivity contribution in [1.29, 1.82) is 0 Å². The molecule has 0 saturated heterocycles. The third-order valence-electron chi connectivity index (χ3n) is 0.407. The average Bonchev–Trinajstić information content (AvgIpc) is 1.86. The van der Waals surface area contributed by atoms with Crippen LogP contribution in [0.4, 0.5) is 0 Å². The van der Waals surface area contributed by atoms with Crippen molar-refractivity contribution in [3.63, 3.8) is 0 Å². The summed E-state index contributed by atoms with van der Waals surface area (Å²) in [6.07, 6.45) is 2.93. The molecule has 0 unspecified atom stereocenters. The van der Waals surface area contributed by atoms with Gasteiger partial charge in [0.1, 0.15) is 12.7 Å². The van der Waals surface area contributed by atoms with E-state index in [1.807, 2.05) is 0 Å². The van der Waals surface area contributed by atoms with Gasteiger partial charge in [0, 0.05) is 0 Å². The quantitative estimate of drug-likeness (QED) is 0.465. The molecule has 0 bridgehead atoms. The first-order chi connectivity index (χ1) is 2.89. The molecule has 4 heteroatoms. The largest absolute Gasteiger partial charge is 0.222 e. The molecule has 6 heavy (non-hydrogen) atoms. The molecule has 0 aliphatic carbocycles. The van der Waals surface area contributed by atoms with E-state index in [9.17, 15) is 0 Å². The number of hydrogen-bond acceptors (Lipinski definition) is 3. The Morgan fingerprint density at radius 2 is 2.50 bits per heavy atom. The van der Waals surface area contributed by atoms with E-state index in [-0.39, 0.29) is 0 Å². The van der Waals surface area contributed by atoms with Gasteiger partial charge in [-0.2, -0.15) is 4.09 Å². The van der Waals surface area contributed by atoms with Crippen LogP contribution >= 0.6 is 12.8 Å². The Labute approximate surface area is 40.5 Å². The lowest BCUT2D eigenvalue weighted by atomic mass is 11.3. The molecule has 0 fully saturated rings. The van der Waals surface area contributed by atoms with Gasteiger partial charge in [0.05, 0.1) is 0 Å². The molecular formula is C2H3N3S. The van der Waals surface area contributed by atoms with Crippen molar-refractivity contribution < 1.29 is 0 Å². The highest BCUT2D eigenvalue weighted by atomic mass is 32.1. The molecule has 1 rings (SSSR count). The Bertz CT molecular complexity index is 112. The van der Waals surface area contributed by atoms with Crippen LogP contribution in [0.15, 0.2) is 12.7 Å². The van der Waals surface area contributed by atoms with Crippen LogP contribution in [0, 0.1) is 0 Å². The smallest absolute Gasteiger partial charge is 0.138 e. The fraction of sp³-hybridized carbons (Fsp3) is 0. The van der Waals surface area contributed by atoms with Gasteiger partial charge < -0.3 is 0 Å². The van der Waals surface area contributed by atoms with E-state index in [0.29, 0.717) is 0 Å². The predicted octanol–water partition coefficient (Wildman–Crippen LogP) is -0.0290. The van der Waals surface area contributed by atoms with Crippen molar-refractivity contribution in [2.45, 2.75) is 0 Å². The SMILES string of the molecule is Sn1cncn1. The zero-order valence-electron chi connectivity index (χ0n) is 2.94. The molecule has 0 atom stereocenters. The van der Waals surface area contributed by atoms with Crippen LogP contribution in [-0.4, -0.2) is 14.2 Å². The Kier molecular flexibility index (Phi) is 0.795. The zero-order chi connectivity index (χ0) is 4.41. The summed E-state index contributed by atoms with van der Waals surface area (Å²) in [6, 6.07) is 0. The van der Waals surface area contributed by atoms with Crippen LogP contribution in [0.25, 0.3) is 0 Å². The van der Waals surface area contributed by atoms with Crippen LogP contribution in [0.3, 0.4) is 0 Å². The topological polar surface area (TPSA) is 30.7 Å². The minimum absolute atomic E-state index is 1.33. The summed E-state index contributed by atoms with van der Waals surface area (Å²) in [5.74, 6) is 0. The standard InChI is InChI=1S/C2H3N3S/c6-5-2-3-1-4-5/h1-2,6H. The Morgan fingerprint density at radius 3 is 2.67 bits per heavy atom. The van der Waals surface area contributed by atoms with Crippen LogP contribution < -0.4 is 0 Å². The molecule has 0 N–H and O–H groups in total. The van der Waals surface area contributed by atoms with Gasteiger partial charge in [-0.3, -0.25) is 0 Å². The van der Waals surface area contributed by atoms with E-state index in [0.717, 1.165) is 0 Å². The molecule has 0 amide bonds. The highest BCUT2D eigenvalue weighted by molar-refractivity contribution is 7.78. The lowest BCUT2D eigenvalue weighted by molar-refractivity contribution is 1.02. The van der Waals surface area contributed by atoms with E-state index in [2.05, 4.69) is 22.9 Å². The average molecular weight is 101 g/mol. The molecule has 3 nitrogen and oxygen atoms in total. The summed E-state index contributed by atoms with van der Waals surface area (Å²) in [6.45, 7) is 0.